The second kappa shape index (κ2) is 7.34. The Morgan fingerprint density at radius 1 is 1.29 bits per heavy atom. The summed E-state index contributed by atoms with van der Waals surface area (Å²) in [5, 5.41) is 5.12. The average Bonchev–Trinajstić information content (AvgIpc) is 2.37. The summed E-state index contributed by atoms with van der Waals surface area (Å²) in [5.74, 6) is -0.595. The SMILES string of the molecule is NCCCNC(=O)CNC(=O)c1ccccn1. The largest absolute Gasteiger partial charge is 0.355 e. The number of hydrogen-bond acceptors (Lipinski definition) is 4. The Hall–Kier alpha value is -1.95. The van der Waals surface area contributed by atoms with E-state index in [-0.39, 0.29) is 18.4 Å². The van der Waals surface area contributed by atoms with Gasteiger partial charge in [0.15, 0.2) is 0 Å². The highest BCUT2D eigenvalue weighted by Gasteiger charge is 2.07. The molecule has 6 heteroatoms. The molecule has 0 atom stereocenters. The van der Waals surface area contributed by atoms with Crippen LogP contribution in [0.2, 0.25) is 0 Å². The molecule has 0 saturated carbocycles. The first kappa shape index (κ1) is 13.1. The average molecular weight is 236 g/mol. The molecule has 0 saturated heterocycles. The maximum atomic E-state index is 11.5. The molecular weight excluding hydrogens is 220 g/mol. The lowest BCUT2D eigenvalue weighted by molar-refractivity contribution is -0.120. The fourth-order valence-corrected chi connectivity index (χ4v) is 1.14. The van der Waals surface area contributed by atoms with Crippen LogP contribution in [0.4, 0.5) is 0 Å². The highest BCUT2D eigenvalue weighted by Crippen LogP contribution is 1.91. The van der Waals surface area contributed by atoms with Crippen molar-refractivity contribution < 1.29 is 9.59 Å². The molecule has 1 aromatic heterocycles. The van der Waals surface area contributed by atoms with Gasteiger partial charge in [0, 0.05) is 12.7 Å². The van der Waals surface area contributed by atoms with Gasteiger partial charge in [0.2, 0.25) is 5.91 Å². The molecule has 6 nitrogen and oxygen atoms in total. The molecule has 4 N–H and O–H groups in total. The summed E-state index contributed by atoms with van der Waals surface area (Å²) < 4.78 is 0. The summed E-state index contributed by atoms with van der Waals surface area (Å²) in [6.07, 6.45) is 2.25. The summed E-state index contributed by atoms with van der Waals surface area (Å²) in [6.45, 7) is 0.995. The predicted octanol–water partition coefficient (Wildman–Crippen LogP) is -0.724. The van der Waals surface area contributed by atoms with Crippen molar-refractivity contribution >= 4 is 11.8 Å². The first-order valence-corrected chi connectivity index (χ1v) is 5.40. The standard InChI is InChI=1S/C11H16N4O2/c12-5-3-7-14-10(16)8-15-11(17)9-4-1-2-6-13-9/h1-2,4,6H,3,5,7-8,12H2,(H,14,16)(H,15,17). The van der Waals surface area contributed by atoms with Crippen LogP contribution >= 0.6 is 0 Å². The number of amides is 2. The minimum Gasteiger partial charge on any atom is -0.355 e. The molecule has 92 valence electrons. The molecule has 0 aromatic carbocycles. The van der Waals surface area contributed by atoms with E-state index in [1.807, 2.05) is 0 Å². The van der Waals surface area contributed by atoms with Crippen LogP contribution in [0.25, 0.3) is 0 Å². The lowest BCUT2D eigenvalue weighted by atomic mass is 10.3. The molecule has 0 radical (unpaired) electrons. The van der Waals surface area contributed by atoms with E-state index in [9.17, 15) is 9.59 Å². The smallest absolute Gasteiger partial charge is 0.270 e. The summed E-state index contributed by atoms with van der Waals surface area (Å²) in [5.41, 5.74) is 5.58. The minimum atomic E-state index is -0.362. The Labute approximate surface area is 99.6 Å². The van der Waals surface area contributed by atoms with Crippen LogP contribution in [-0.2, 0) is 4.79 Å². The molecule has 0 bridgehead atoms. The van der Waals surface area contributed by atoms with Gasteiger partial charge in [-0.15, -0.1) is 0 Å². The number of nitrogens with one attached hydrogen (secondary N) is 2. The third kappa shape index (κ3) is 5.07. The first-order chi connectivity index (χ1) is 8.24. The molecule has 0 fully saturated rings. The molecule has 2 amide bonds. The summed E-state index contributed by atoms with van der Waals surface area (Å²) in [6, 6.07) is 5.02. The zero-order valence-corrected chi connectivity index (χ0v) is 9.48. The van der Waals surface area contributed by atoms with Crippen LogP contribution in [0.1, 0.15) is 16.9 Å². The number of carbonyl (C=O) groups excluding carboxylic acids is 2. The van der Waals surface area contributed by atoms with Crippen LogP contribution < -0.4 is 16.4 Å². The van der Waals surface area contributed by atoms with E-state index in [1.165, 1.54) is 6.20 Å². The van der Waals surface area contributed by atoms with Crippen molar-refractivity contribution in [2.24, 2.45) is 5.73 Å². The minimum absolute atomic E-state index is 0.0556. The topological polar surface area (TPSA) is 97.1 Å². The number of hydrogen-bond donors (Lipinski definition) is 3. The normalized spacial score (nSPS) is 9.71. The lowest BCUT2D eigenvalue weighted by Crippen LogP contribution is -2.37. The molecular formula is C11H16N4O2. The maximum absolute atomic E-state index is 11.5. The molecule has 0 aliphatic carbocycles. The molecule has 0 aliphatic rings. The molecule has 0 unspecified atom stereocenters. The molecule has 0 aliphatic heterocycles. The predicted molar refractivity (Wildman–Crippen MR) is 63.3 cm³/mol. The van der Waals surface area contributed by atoms with Crippen LogP contribution in [0.3, 0.4) is 0 Å². The van der Waals surface area contributed by atoms with E-state index in [1.54, 1.807) is 18.2 Å². The van der Waals surface area contributed by atoms with Gasteiger partial charge in [-0.05, 0) is 25.1 Å². The van der Waals surface area contributed by atoms with Gasteiger partial charge in [0.1, 0.15) is 5.69 Å². The molecule has 0 spiro atoms. The maximum Gasteiger partial charge on any atom is 0.270 e. The van der Waals surface area contributed by atoms with Crippen molar-refractivity contribution in [1.29, 1.82) is 0 Å². The van der Waals surface area contributed by atoms with E-state index < -0.39 is 0 Å². The Bertz CT molecular complexity index is 367. The van der Waals surface area contributed by atoms with E-state index >= 15 is 0 Å². The Kier molecular flexibility index (Phi) is 5.67. The molecule has 1 rings (SSSR count). The van der Waals surface area contributed by atoms with Crippen molar-refractivity contribution in [1.82, 2.24) is 15.6 Å². The second-order valence-corrected chi connectivity index (χ2v) is 3.39. The summed E-state index contributed by atoms with van der Waals surface area (Å²) >= 11 is 0. The third-order valence-corrected chi connectivity index (χ3v) is 2.01. The van der Waals surface area contributed by atoms with Gasteiger partial charge < -0.3 is 16.4 Å². The summed E-state index contributed by atoms with van der Waals surface area (Å²) in [4.78, 5) is 26.6. The van der Waals surface area contributed by atoms with Gasteiger partial charge in [-0.1, -0.05) is 6.07 Å². The third-order valence-electron chi connectivity index (χ3n) is 2.01. The monoisotopic (exact) mass is 236 g/mol. The fraction of sp³-hybridized carbons (Fsp3) is 0.364. The van der Waals surface area contributed by atoms with Crippen LogP contribution in [0, 0.1) is 0 Å². The van der Waals surface area contributed by atoms with Crippen molar-refractivity contribution in [3.63, 3.8) is 0 Å². The van der Waals surface area contributed by atoms with Gasteiger partial charge in [0.25, 0.3) is 5.91 Å². The number of carbonyl (C=O) groups is 2. The number of nitrogens with two attached hydrogens (primary N) is 1. The first-order valence-electron chi connectivity index (χ1n) is 5.40. The fourth-order valence-electron chi connectivity index (χ4n) is 1.14. The number of nitrogens with zero attached hydrogens (tertiary/aromatic N) is 1. The number of aromatic nitrogens is 1. The van der Waals surface area contributed by atoms with Crippen molar-refractivity contribution in [3.05, 3.63) is 30.1 Å². The van der Waals surface area contributed by atoms with Crippen LogP contribution in [0.15, 0.2) is 24.4 Å². The molecule has 1 heterocycles. The quantitative estimate of drug-likeness (QED) is 0.568. The second-order valence-electron chi connectivity index (χ2n) is 3.39. The van der Waals surface area contributed by atoms with Gasteiger partial charge in [-0.3, -0.25) is 14.6 Å². The number of pyridine rings is 1. The summed E-state index contributed by atoms with van der Waals surface area (Å²) in [7, 11) is 0. The number of rotatable bonds is 6. The highest BCUT2D eigenvalue weighted by molar-refractivity contribution is 5.94. The van der Waals surface area contributed by atoms with E-state index in [0.717, 1.165) is 6.42 Å². The van der Waals surface area contributed by atoms with Crippen molar-refractivity contribution in [2.45, 2.75) is 6.42 Å². The van der Waals surface area contributed by atoms with Gasteiger partial charge >= 0.3 is 0 Å². The van der Waals surface area contributed by atoms with Crippen molar-refractivity contribution in [2.75, 3.05) is 19.6 Å². The Balaban J connectivity index is 2.26. The lowest BCUT2D eigenvalue weighted by Gasteiger charge is -2.05. The van der Waals surface area contributed by atoms with Crippen LogP contribution in [-0.4, -0.2) is 36.4 Å². The zero-order chi connectivity index (χ0) is 12.5. The Morgan fingerprint density at radius 3 is 2.76 bits per heavy atom. The van der Waals surface area contributed by atoms with Gasteiger partial charge in [0.05, 0.1) is 6.54 Å². The molecule has 1 aromatic rings. The van der Waals surface area contributed by atoms with Gasteiger partial charge in [-0.2, -0.15) is 0 Å². The Morgan fingerprint density at radius 2 is 2.12 bits per heavy atom. The molecule has 17 heavy (non-hydrogen) atoms. The zero-order valence-electron chi connectivity index (χ0n) is 9.48. The van der Waals surface area contributed by atoms with E-state index in [2.05, 4.69) is 15.6 Å². The van der Waals surface area contributed by atoms with E-state index in [4.69, 9.17) is 5.73 Å². The van der Waals surface area contributed by atoms with E-state index in [0.29, 0.717) is 18.8 Å². The van der Waals surface area contributed by atoms with Crippen LogP contribution in [0.5, 0.6) is 0 Å². The van der Waals surface area contributed by atoms with Crippen molar-refractivity contribution in [3.8, 4) is 0 Å². The van der Waals surface area contributed by atoms with Gasteiger partial charge in [-0.25, -0.2) is 0 Å². The highest BCUT2D eigenvalue weighted by atomic mass is 16.2.